The highest BCUT2D eigenvalue weighted by molar-refractivity contribution is 6.12. The first-order valence-electron chi connectivity index (χ1n) is 18.9. The Bertz CT molecular complexity index is 2680. The number of para-hydroxylation sites is 4. The maximum atomic E-state index is 9.87. The van der Waals surface area contributed by atoms with Crippen LogP contribution >= 0.6 is 0 Å². The molecule has 4 heteroatoms. The fourth-order valence-corrected chi connectivity index (χ4v) is 9.22. The molecule has 10 rings (SSSR count). The molecule has 0 saturated heterocycles. The molecule has 2 heterocycles. The van der Waals surface area contributed by atoms with Gasteiger partial charge in [-0.3, -0.25) is 0 Å². The van der Waals surface area contributed by atoms with E-state index in [9.17, 15) is 10.5 Å². The smallest absolute Gasteiger partial charge is 0.0991 e. The van der Waals surface area contributed by atoms with Crippen molar-refractivity contribution in [2.45, 2.75) is 38.0 Å². The maximum absolute atomic E-state index is 9.87. The summed E-state index contributed by atoms with van der Waals surface area (Å²) in [4.78, 5) is 0. The summed E-state index contributed by atoms with van der Waals surface area (Å²) in [6.07, 6.45) is 5.77. The van der Waals surface area contributed by atoms with E-state index in [4.69, 9.17) is 0 Å². The summed E-state index contributed by atoms with van der Waals surface area (Å²) in [5.41, 5.74) is 14.1. The van der Waals surface area contributed by atoms with Gasteiger partial charge in [-0.05, 0) is 90.0 Å². The van der Waals surface area contributed by atoms with Gasteiger partial charge in [-0.25, -0.2) is 0 Å². The third-order valence-electron chi connectivity index (χ3n) is 11.6. The highest BCUT2D eigenvalue weighted by atomic mass is 15.0. The van der Waals surface area contributed by atoms with Crippen LogP contribution in [0, 0.1) is 22.7 Å². The molecule has 9 aromatic rings. The van der Waals surface area contributed by atoms with Crippen molar-refractivity contribution >= 4 is 43.6 Å². The molecule has 1 aliphatic rings. The second-order valence-corrected chi connectivity index (χ2v) is 14.5. The topological polar surface area (TPSA) is 57.4 Å². The first-order valence-corrected chi connectivity index (χ1v) is 18.9. The van der Waals surface area contributed by atoms with Gasteiger partial charge < -0.3 is 9.13 Å². The second kappa shape index (κ2) is 13.0. The van der Waals surface area contributed by atoms with Crippen molar-refractivity contribution < 1.29 is 0 Å². The molecule has 0 aliphatic heterocycles. The standard InChI is InChI=1S/C50H36N4/c51-31-33-22-26-36(27-23-33)48-46(53-42-18-8-4-14-38(42)39-15-5-9-19-43(39)53)30-47(54-44-20-10-6-16-40(44)41-17-7-11-21-45(41)54)49(37-28-24-34(32-52)25-29-37)50(48)35-12-2-1-3-13-35/h4-11,14-30,35H,1-3,12-13H2. The molecule has 1 aliphatic carbocycles. The van der Waals surface area contributed by atoms with Gasteiger partial charge in [0.15, 0.2) is 0 Å². The Labute approximate surface area is 314 Å². The highest BCUT2D eigenvalue weighted by Crippen LogP contribution is 2.51. The Morgan fingerprint density at radius 2 is 0.778 bits per heavy atom. The molecule has 54 heavy (non-hydrogen) atoms. The lowest BCUT2D eigenvalue weighted by molar-refractivity contribution is 0.445. The molecule has 4 nitrogen and oxygen atoms in total. The lowest BCUT2D eigenvalue weighted by Crippen LogP contribution is -2.13. The zero-order valence-electron chi connectivity index (χ0n) is 29.8. The number of aromatic nitrogens is 2. The summed E-state index contributed by atoms with van der Waals surface area (Å²) in [6, 6.07) is 58.5. The number of fused-ring (bicyclic) bond motifs is 6. The third kappa shape index (κ3) is 4.96. The van der Waals surface area contributed by atoms with Gasteiger partial charge in [0.2, 0.25) is 0 Å². The number of hydrogen-bond acceptors (Lipinski definition) is 2. The molecule has 0 unspecified atom stereocenters. The lowest BCUT2D eigenvalue weighted by atomic mass is 9.76. The molecule has 0 radical (unpaired) electrons. The molecule has 0 spiro atoms. The quantitative estimate of drug-likeness (QED) is 0.180. The van der Waals surface area contributed by atoms with Crippen LogP contribution in [-0.2, 0) is 0 Å². The van der Waals surface area contributed by atoms with Crippen molar-refractivity contribution in [1.82, 2.24) is 9.13 Å². The summed E-state index contributed by atoms with van der Waals surface area (Å²) in [7, 11) is 0. The highest BCUT2D eigenvalue weighted by Gasteiger charge is 2.31. The Hall–Kier alpha value is -6.88. The zero-order valence-corrected chi connectivity index (χ0v) is 29.8. The van der Waals surface area contributed by atoms with Gasteiger partial charge in [-0.1, -0.05) is 116 Å². The van der Waals surface area contributed by atoms with Gasteiger partial charge in [-0.15, -0.1) is 0 Å². The molecule has 2 aromatic heterocycles. The van der Waals surface area contributed by atoms with Crippen LogP contribution in [0.25, 0.3) is 77.2 Å². The number of nitriles is 2. The van der Waals surface area contributed by atoms with Gasteiger partial charge >= 0.3 is 0 Å². The predicted molar refractivity (Wildman–Crippen MR) is 221 cm³/mol. The minimum Gasteiger partial charge on any atom is -0.309 e. The normalized spacial score (nSPS) is 13.4. The fraction of sp³-hybridized carbons (Fsp3) is 0.120. The van der Waals surface area contributed by atoms with Gasteiger partial charge in [-0.2, -0.15) is 10.5 Å². The largest absolute Gasteiger partial charge is 0.309 e. The van der Waals surface area contributed by atoms with Crippen molar-refractivity contribution in [3.05, 3.63) is 168 Å². The molecular weight excluding hydrogens is 657 g/mol. The van der Waals surface area contributed by atoms with Crippen molar-refractivity contribution in [1.29, 1.82) is 10.5 Å². The summed E-state index contributed by atoms with van der Waals surface area (Å²) < 4.78 is 4.95. The SMILES string of the molecule is N#Cc1ccc(-c2c(-n3c4ccccc4c4ccccc43)cc(-n3c4ccccc4c4ccccc43)c(-c3ccc(C#N)cc3)c2C2CCCCC2)cc1. The van der Waals surface area contributed by atoms with E-state index in [2.05, 4.69) is 149 Å². The second-order valence-electron chi connectivity index (χ2n) is 14.5. The Kier molecular flexibility index (Phi) is 7.64. The van der Waals surface area contributed by atoms with Crippen LogP contribution in [0.1, 0.15) is 54.7 Å². The zero-order chi connectivity index (χ0) is 36.2. The van der Waals surface area contributed by atoms with E-state index in [1.54, 1.807) is 0 Å². The molecule has 0 bridgehead atoms. The van der Waals surface area contributed by atoms with Crippen LogP contribution in [0.5, 0.6) is 0 Å². The molecule has 0 N–H and O–H groups in total. The Balaban J connectivity index is 1.46. The Morgan fingerprint density at radius 3 is 1.13 bits per heavy atom. The van der Waals surface area contributed by atoms with Crippen LogP contribution in [0.4, 0.5) is 0 Å². The third-order valence-corrected chi connectivity index (χ3v) is 11.6. The molecule has 0 atom stereocenters. The molecule has 1 saturated carbocycles. The summed E-state index contributed by atoms with van der Waals surface area (Å²) >= 11 is 0. The van der Waals surface area contributed by atoms with Gasteiger partial charge in [0.1, 0.15) is 0 Å². The number of rotatable bonds is 5. The first kappa shape index (κ1) is 31.8. The molecule has 256 valence electrons. The lowest BCUT2D eigenvalue weighted by Gasteiger charge is -2.32. The van der Waals surface area contributed by atoms with E-state index in [-0.39, 0.29) is 0 Å². The summed E-state index contributed by atoms with van der Waals surface area (Å²) in [5, 5.41) is 24.6. The van der Waals surface area contributed by atoms with E-state index in [1.807, 2.05) is 24.3 Å². The van der Waals surface area contributed by atoms with E-state index in [0.717, 1.165) is 57.4 Å². The number of nitrogens with zero attached hydrogens (tertiary/aromatic N) is 4. The van der Waals surface area contributed by atoms with Crippen molar-refractivity contribution in [3.63, 3.8) is 0 Å². The summed E-state index contributed by atoms with van der Waals surface area (Å²) in [6.45, 7) is 0. The van der Waals surface area contributed by atoms with Crippen LogP contribution in [-0.4, -0.2) is 9.13 Å². The average molecular weight is 693 g/mol. The van der Waals surface area contributed by atoms with Crippen LogP contribution in [0.2, 0.25) is 0 Å². The molecule has 7 aromatic carbocycles. The van der Waals surface area contributed by atoms with Gasteiger partial charge in [0.05, 0.1) is 56.7 Å². The van der Waals surface area contributed by atoms with Crippen molar-refractivity contribution in [2.75, 3.05) is 0 Å². The average Bonchev–Trinajstić information content (AvgIpc) is 3.76. The van der Waals surface area contributed by atoms with Gasteiger partial charge in [0.25, 0.3) is 0 Å². The monoisotopic (exact) mass is 692 g/mol. The van der Waals surface area contributed by atoms with Crippen LogP contribution in [0.3, 0.4) is 0 Å². The van der Waals surface area contributed by atoms with E-state index >= 15 is 0 Å². The van der Waals surface area contributed by atoms with Crippen molar-refractivity contribution in [3.8, 4) is 45.8 Å². The number of benzene rings is 7. The minimum atomic E-state index is 0.301. The molecule has 0 amide bonds. The fourth-order valence-electron chi connectivity index (χ4n) is 9.22. The minimum absolute atomic E-state index is 0.301. The maximum Gasteiger partial charge on any atom is 0.0991 e. The van der Waals surface area contributed by atoms with E-state index in [0.29, 0.717) is 17.0 Å². The molecular formula is C50H36N4. The predicted octanol–water partition coefficient (Wildman–Crippen LogP) is 13.0. The van der Waals surface area contributed by atoms with E-state index < -0.39 is 0 Å². The summed E-state index contributed by atoms with van der Waals surface area (Å²) in [5.74, 6) is 0.301. The van der Waals surface area contributed by atoms with Crippen LogP contribution in [0.15, 0.2) is 152 Å². The van der Waals surface area contributed by atoms with E-state index in [1.165, 1.54) is 57.5 Å². The van der Waals surface area contributed by atoms with Gasteiger partial charge in [0, 0.05) is 32.7 Å². The van der Waals surface area contributed by atoms with Crippen molar-refractivity contribution in [2.24, 2.45) is 0 Å². The number of hydrogen-bond donors (Lipinski definition) is 0. The molecule has 1 fully saturated rings. The first-order chi connectivity index (χ1) is 26.7. The van der Waals surface area contributed by atoms with Crippen LogP contribution < -0.4 is 0 Å². The Morgan fingerprint density at radius 1 is 0.426 bits per heavy atom.